The summed E-state index contributed by atoms with van der Waals surface area (Å²) < 4.78 is 5.32. The highest BCUT2D eigenvalue weighted by molar-refractivity contribution is 5.86. The van der Waals surface area contributed by atoms with Crippen LogP contribution in [0.2, 0.25) is 0 Å². The van der Waals surface area contributed by atoms with E-state index in [9.17, 15) is 0 Å². The predicted molar refractivity (Wildman–Crippen MR) is 136 cm³/mol. The lowest BCUT2D eigenvalue weighted by atomic mass is 10.1. The second-order valence-corrected chi connectivity index (χ2v) is 7.19. The van der Waals surface area contributed by atoms with E-state index in [2.05, 4.69) is 17.1 Å². The molecule has 0 fully saturated rings. The summed E-state index contributed by atoms with van der Waals surface area (Å²) in [5.41, 5.74) is 5.90. The molecular formula is C29H24N2O. The van der Waals surface area contributed by atoms with E-state index in [1.54, 1.807) is 7.11 Å². The molecule has 156 valence electrons. The third-order valence-electron chi connectivity index (χ3n) is 4.88. The van der Waals surface area contributed by atoms with Crippen LogP contribution in [0.25, 0.3) is 12.2 Å². The molecule has 0 unspecified atom stereocenters. The Morgan fingerprint density at radius 3 is 1.94 bits per heavy atom. The SMILES string of the molecule is COc1cccc(/C=C/c2ccc(N=Cc3ccccc3)cc2N=Cc2ccccc2)c1. The molecule has 0 radical (unpaired) electrons. The third-order valence-corrected chi connectivity index (χ3v) is 4.88. The van der Waals surface area contributed by atoms with Crippen molar-refractivity contribution in [2.45, 2.75) is 0 Å². The van der Waals surface area contributed by atoms with Gasteiger partial charge in [-0.25, -0.2) is 0 Å². The van der Waals surface area contributed by atoms with E-state index >= 15 is 0 Å². The number of aliphatic imine (C=N–C) groups is 2. The first-order valence-electron chi connectivity index (χ1n) is 10.4. The maximum absolute atomic E-state index is 5.32. The first-order chi connectivity index (χ1) is 15.8. The van der Waals surface area contributed by atoms with Crippen molar-refractivity contribution in [3.63, 3.8) is 0 Å². The fourth-order valence-electron chi connectivity index (χ4n) is 3.17. The van der Waals surface area contributed by atoms with Crippen LogP contribution < -0.4 is 4.74 Å². The van der Waals surface area contributed by atoms with Gasteiger partial charge in [0.05, 0.1) is 18.5 Å². The van der Waals surface area contributed by atoms with E-state index in [-0.39, 0.29) is 0 Å². The molecule has 0 heterocycles. The van der Waals surface area contributed by atoms with Crippen LogP contribution in [-0.4, -0.2) is 19.5 Å². The van der Waals surface area contributed by atoms with Crippen LogP contribution in [0.15, 0.2) is 113 Å². The molecule has 0 bridgehead atoms. The van der Waals surface area contributed by atoms with E-state index in [4.69, 9.17) is 9.73 Å². The number of benzene rings is 4. The topological polar surface area (TPSA) is 34.0 Å². The third kappa shape index (κ3) is 5.89. The van der Waals surface area contributed by atoms with Gasteiger partial charge in [0.15, 0.2) is 0 Å². The summed E-state index contributed by atoms with van der Waals surface area (Å²) in [5.74, 6) is 0.833. The van der Waals surface area contributed by atoms with Gasteiger partial charge < -0.3 is 4.74 Å². The van der Waals surface area contributed by atoms with Gasteiger partial charge in [-0.2, -0.15) is 0 Å². The maximum atomic E-state index is 5.32. The molecule has 0 saturated carbocycles. The van der Waals surface area contributed by atoms with Gasteiger partial charge in [0.25, 0.3) is 0 Å². The molecule has 3 nitrogen and oxygen atoms in total. The monoisotopic (exact) mass is 416 g/mol. The molecular weight excluding hydrogens is 392 g/mol. The number of ether oxygens (including phenoxy) is 1. The van der Waals surface area contributed by atoms with Crippen LogP contribution in [0.4, 0.5) is 11.4 Å². The van der Waals surface area contributed by atoms with E-state index in [0.717, 1.165) is 39.4 Å². The molecule has 0 spiro atoms. The van der Waals surface area contributed by atoms with Crippen LogP contribution in [0, 0.1) is 0 Å². The highest BCUT2D eigenvalue weighted by Crippen LogP contribution is 2.28. The van der Waals surface area contributed by atoms with Crippen molar-refractivity contribution >= 4 is 36.0 Å². The summed E-state index contributed by atoms with van der Waals surface area (Å²) in [7, 11) is 1.67. The minimum absolute atomic E-state index is 0.833. The van der Waals surface area contributed by atoms with E-state index < -0.39 is 0 Å². The molecule has 3 heteroatoms. The zero-order valence-corrected chi connectivity index (χ0v) is 17.9. The molecule has 0 saturated heterocycles. The Hall–Kier alpha value is -4.24. The average molecular weight is 417 g/mol. The Bertz CT molecular complexity index is 1240. The lowest BCUT2D eigenvalue weighted by Gasteiger charge is -2.04. The van der Waals surface area contributed by atoms with Crippen molar-refractivity contribution in [2.24, 2.45) is 9.98 Å². The zero-order chi connectivity index (χ0) is 22.0. The predicted octanol–water partition coefficient (Wildman–Crippen LogP) is 7.37. The minimum Gasteiger partial charge on any atom is -0.497 e. The molecule has 32 heavy (non-hydrogen) atoms. The number of rotatable bonds is 7. The Labute approximate surface area is 189 Å². The second-order valence-electron chi connectivity index (χ2n) is 7.19. The van der Waals surface area contributed by atoms with Crippen molar-refractivity contribution in [1.82, 2.24) is 0 Å². The largest absolute Gasteiger partial charge is 0.497 e. The summed E-state index contributed by atoms with van der Waals surface area (Å²) in [6.07, 6.45) is 7.87. The van der Waals surface area contributed by atoms with E-state index in [0.29, 0.717) is 0 Å². The van der Waals surface area contributed by atoms with Crippen molar-refractivity contribution in [3.05, 3.63) is 125 Å². The smallest absolute Gasteiger partial charge is 0.119 e. The van der Waals surface area contributed by atoms with Crippen LogP contribution in [0.5, 0.6) is 5.75 Å². The average Bonchev–Trinajstić information content (AvgIpc) is 2.87. The lowest BCUT2D eigenvalue weighted by Crippen LogP contribution is -1.83. The standard InChI is InChI=1S/C29H24N2O/c1-32-28-14-8-13-23(19-28)15-16-26-17-18-27(30-21-24-9-4-2-5-10-24)20-29(26)31-22-25-11-6-3-7-12-25/h2-22H,1H3/b16-15+,30-21?,31-22?. The quantitative estimate of drug-likeness (QED) is 0.229. The Balaban J connectivity index is 1.65. The molecule has 0 amide bonds. The van der Waals surface area contributed by atoms with Gasteiger partial charge in [0, 0.05) is 18.0 Å². The first kappa shape index (κ1) is 21.0. The number of methoxy groups -OCH3 is 1. The molecule has 4 rings (SSSR count). The summed E-state index contributed by atoms with van der Waals surface area (Å²) >= 11 is 0. The van der Waals surface area contributed by atoms with Crippen LogP contribution in [0.3, 0.4) is 0 Å². The molecule has 0 aliphatic carbocycles. The Morgan fingerprint density at radius 2 is 1.25 bits per heavy atom. The van der Waals surface area contributed by atoms with Gasteiger partial charge in [0.1, 0.15) is 5.75 Å². The van der Waals surface area contributed by atoms with Crippen molar-refractivity contribution in [1.29, 1.82) is 0 Å². The molecule has 4 aromatic carbocycles. The highest BCUT2D eigenvalue weighted by atomic mass is 16.5. The molecule has 0 aromatic heterocycles. The Kier molecular flexibility index (Phi) is 7.02. The van der Waals surface area contributed by atoms with Gasteiger partial charge in [-0.1, -0.05) is 91.0 Å². The van der Waals surface area contributed by atoms with Crippen molar-refractivity contribution in [3.8, 4) is 5.75 Å². The normalized spacial score (nSPS) is 11.5. The van der Waals surface area contributed by atoms with Crippen LogP contribution >= 0.6 is 0 Å². The minimum atomic E-state index is 0.833. The molecule has 0 aliphatic rings. The molecule has 4 aromatic rings. The van der Waals surface area contributed by atoms with Crippen LogP contribution in [-0.2, 0) is 0 Å². The van der Waals surface area contributed by atoms with Crippen molar-refractivity contribution in [2.75, 3.05) is 7.11 Å². The Morgan fingerprint density at radius 1 is 0.594 bits per heavy atom. The van der Waals surface area contributed by atoms with E-state index in [1.165, 1.54) is 0 Å². The van der Waals surface area contributed by atoms with Gasteiger partial charge in [-0.15, -0.1) is 0 Å². The highest BCUT2D eigenvalue weighted by Gasteiger charge is 2.01. The lowest BCUT2D eigenvalue weighted by molar-refractivity contribution is 0.414. The summed E-state index contributed by atoms with van der Waals surface area (Å²) in [4.78, 5) is 9.40. The fourth-order valence-corrected chi connectivity index (χ4v) is 3.17. The summed E-state index contributed by atoms with van der Waals surface area (Å²) in [6, 6.07) is 34.2. The van der Waals surface area contributed by atoms with Crippen molar-refractivity contribution < 1.29 is 4.74 Å². The number of hydrogen-bond donors (Lipinski definition) is 0. The van der Waals surface area contributed by atoms with Crippen LogP contribution in [0.1, 0.15) is 22.3 Å². The van der Waals surface area contributed by atoms with Gasteiger partial charge in [-0.05, 0) is 41.0 Å². The van der Waals surface area contributed by atoms with Gasteiger partial charge in [0.2, 0.25) is 0 Å². The molecule has 0 N–H and O–H groups in total. The van der Waals surface area contributed by atoms with Gasteiger partial charge >= 0.3 is 0 Å². The number of hydrogen-bond acceptors (Lipinski definition) is 3. The van der Waals surface area contributed by atoms with E-state index in [1.807, 2.05) is 116 Å². The number of nitrogens with zero attached hydrogens (tertiary/aromatic N) is 2. The fraction of sp³-hybridized carbons (Fsp3) is 0.0345. The summed E-state index contributed by atoms with van der Waals surface area (Å²) in [6.45, 7) is 0. The maximum Gasteiger partial charge on any atom is 0.119 e. The molecule has 0 aliphatic heterocycles. The van der Waals surface area contributed by atoms with Gasteiger partial charge in [-0.3, -0.25) is 9.98 Å². The first-order valence-corrected chi connectivity index (χ1v) is 10.4. The zero-order valence-electron chi connectivity index (χ0n) is 17.9. The summed E-state index contributed by atoms with van der Waals surface area (Å²) in [5, 5.41) is 0. The molecule has 0 atom stereocenters. The second kappa shape index (κ2) is 10.7.